The maximum atomic E-state index is 13.9. The minimum Gasteiger partial charge on any atom is -0.486 e. The van der Waals surface area contributed by atoms with E-state index in [0.29, 0.717) is 22.1 Å². The topological polar surface area (TPSA) is 60.5 Å². The molecule has 20 heavy (non-hydrogen) atoms. The van der Waals surface area contributed by atoms with Crippen molar-refractivity contribution in [3.8, 4) is 10.9 Å². The van der Waals surface area contributed by atoms with Crippen molar-refractivity contribution in [2.45, 2.75) is 26.3 Å². The van der Waals surface area contributed by atoms with Crippen LogP contribution in [0.2, 0.25) is 0 Å². The largest absolute Gasteiger partial charge is 0.486 e. The summed E-state index contributed by atoms with van der Waals surface area (Å²) >= 11 is 1.13. The van der Waals surface area contributed by atoms with Crippen molar-refractivity contribution in [1.29, 1.82) is 0 Å². The second-order valence-corrected chi connectivity index (χ2v) is 5.35. The molecule has 0 aromatic carbocycles. The molecule has 0 unspecified atom stereocenters. The van der Waals surface area contributed by atoms with E-state index in [0.717, 1.165) is 24.4 Å². The number of nitrogens with one attached hydrogen (secondary N) is 1. The summed E-state index contributed by atoms with van der Waals surface area (Å²) in [6, 6.07) is 0. The van der Waals surface area contributed by atoms with Crippen LogP contribution in [0.25, 0.3) is 0 Å². The molecule has 110 valence electrons. The molecule has 1 heterocycles. The molecule has 0 bridgehead atoms. The summed E-state index contributed by atoms with van der Waals surface area (Å²) in [7, 11) is 2.99. The summed E-state index contributed by atoms with van der Waals surface area (Å²) in [5.74, 6) is -0.776. The van der Waals surface area contributed by atoms with Crippen molar-refractivity contribution < 1.29 is 18.7 Å². The predicted molar refractivity (Wildman–Crippen MR) is 73.6 cm³/mol. The molecule has 1 aliphatic carbocycles. The Morgan fingerprint density at radius 2 is 2.15 bits per heavy atom. The van der Waals surface area contributed by atoms with E-state index in [-0.39, 0.29) is 12.5 Å². The quantitative estimate of drug-likeness (QED) is 0.820. The molecule has 1 N–H and O–H groups in total. The summed E-state index contributed by atoms with van der Waals surface area (Å²) in [5, 5.41) is 3.08. The van der Waals surface area contributed by atoms with E-state index in [9.17, 15) is 9.18 Å². The third kappa shape index (κ3) is 3.09. The van der Waals surface area contributed by atoms with Gasteiger partial charge in [-0.2, -0.15) is 4.37 Å². The van der Waals surface area contributed by atoms with E-state index >= 15 is 0 Å². The first-order valence-electron chi connectivity index (χ1n) is 6.29. The smallest absolute Gasteiger partial charge is 0.280 e. The van der Waals surface area contributed by atoms with E-state index in [2.05, 4.69) is 9.69 Å². The molecule has 1 aromatic rings. The molecule has 0 aliphatic heterocycles. The van der Waals surface area contributed by atoms with Crippen LogP contribution >= 0.6 is 11.5 Å². The van der Waals surface area contributed by atoms with Gasteiger partial charge < -0.3 is 14.8 Å². The van der Waals surface area contributed by atoms with Crippen molar-refractivity contribution in [2.75, 3.05) is 14.2 Å². The molecule has 1 fully saturated rings. The Morgan fingerprint density at radius 3 is 2.70 bits per heavy atom. The van der Waals surface area contributed by atoms with E-state index in [1.54, 1.807) is 6.92 Å². The number of hydrogen-bond donors (Lipinski definition) is 1. The maximum absolute atomic E-state index is 13.9. The van der Waals surface area contributed by atoms with Gasteiger partial charge in [0.25, 0.3) is 5.91 Å². The zero-order valence-corrected chi connectivity index (χ0v) is 12.5. The van der Waals surface area contributed by atoms with Crippen molar-refractivity contribution >= 4 is 17.4 Å². The number of hydrogen-bond acceptors (Lipinski definition) is 5. The van der Waals surface area contributed by atoms with Crippen LogP contribution in [-0.4, -0.2) is 24.5 Å². The van der Waals surface area contributed by atoms with E-state index in [4.69, 9.17) is 9.47 Å². The second-order valence-electron chi connectivity index (χ2n) is 4.62. The number of methoxy groups -OCH3 is 2. The molecule has 1 aliphatic rings. The zero-order chi connectivity index (χ0) is 14.7. The number of aromatic nitrogens is 1. The van der Waals surface area contributed by atoms with Gasteiger partial charge in [-0.25, -0.2) is 4.39 Å². The van der Waals surface area contributed by atoms with Crippen LogP contribution in [0.1, 0.15) is 25.3 Å². The van der Waals surface area contributed by atoms with E-state index in [1.165, 1.54) is 14.2 Å². The van der Waals surface area contributed by atoms with Crippen LogP contribution in [0, 0.1) is 5.92 Å². The number of nitrogens with zero attached hydrogens (tertiary/aromatic N) is 1. The molecule has 0 saturated heterocycles. The summed E-state index contributed by atoms with van der Waals surface area (Å²) in [6.07, 6.45) is 1.92. The Morgan fingerprint density at radius 1 is 1.45 bits per heavy atom. The van der Waals surface area contributed by atoms with Crippen LogP contribution < -0.4 is 14.8 Å². The van der Waals surface area contributed by atoms with Crippen LogP contribution in [0.15, 0.2) is 11.4 Å². The van der Waals surface area contributed by atoms with Gasteiger partial charge in [-0.05, 0) is 31.3 Å². The summed E-state index contributed by atoms with van der Waals surface area (Å²) in [5.41, 5.74) is 1.15. The van der Waals surface area contributed by atoms with Crippen LogP contribution in [0.3, 0.4) is 0 Å². The van der Waals surface area contributed by atoms with Gasteiger partial charge in [-0.3, -0.25) is 4.79 Å². The van der Waals surface area contributed by atoms with Crippen LogP contribution in [-0.2, 0) is 11.3 Å². The fourth-order valence-corrected chi connectivity index (χ4v) is 2.56. The Bertz CT molecular complexity index is 516. The average Bonchev–Trinajstić information content (AvgIpc) is 3.23. The number of carbonyl (C=O) groups excluding carboxylic acids is 1. The molecule has 1 aromatic heterocycles. The van der Waals surface area contributed by atoms with Crippen LogP contribution in [0.4, 0.5) is 4.39 Å². The third-order valence-electron chi connectivity index (χ3n) is 3.26. The number of ether oxygens (including phenoxy) is 2. The molecule has 1 saturated carbocycles. The normalized spacial score (nSPS) is 15.6. The first-order chi connectivity index (χ1) is 9.58. The number of rotatable bonds is 6. The SMILES string of the molecule is COc1nsc(OC)c1CNC(=O)C(F)=C(C)C1CC1. The van der Waals surface area contributed by atoms with E-state index < -0.39 is 11.7 Å². The Hall–Kier alpha value is -1.63. The molecule has 1 amide bonds. The molecular formula is C13H17FN2O3S. The van der Waals surface area contributed by atoms with E-state index in [1.807, 2.05) is 0 Å². The van der Waals surface area contributed by atoms with Gasteiger partial charge in [-0.15, -0.1) is 0 Å². The van der Waals surface area contributed by atoms with Gasteiger partial charge in [0.05, 0.1) is 26.3 Å². The first kappa shape index (κ1) is 14.8. The van der Waals surface area contributed by atoms with Gasteiger partial charge >= 0.3 is 0 Å². The lowest BCUT2D eigenvalue weighted by Crippen LogP contribution is -2.24. The first-order valence-corrected chi connectivity index (χ1v) is 7.06. The Kier molecular flexibility index (Phi) is 4.59. The molecule has 0 radical (unpaired) electrons. The maximum Gasteiger partial charge on any atom is 0.280 e. The monoisotopic (exact) mass is 300 g/mol. The summed E-state index contributed by atoms with van der Waals surface area (Å²) < 4.78 is 28.1. The third-order valence-corrected chi connectivity index (χ3v) is 4.09. The molecule has 2 rings (SSSR count). The zero-order valence-electron chi connectivity index (χ0n) is 11.7. The average molecular weight is 300 g/mol. The molecule has 0 atom stereocenters. The highest BCUT2D eigenvalue weighted by Crippen LogP contribution is 2.38. The highest BCUT2D eigenvalue weighted by molar-refractivity contribution is 7.08. The van der Waals surface area contributed by atoms with Crippen molar-refractivity contribution in [2.24, 2.45) is 5.92 Å². The fourth-order valence-electron chi connectivity index (χ4n) is 1.87. The molecule has 7 heteroatoms. The summed E-state index contributed by atoms with van der Waals surface area (Å²) in [4.78, 5) is 11.8. The van der Waals surface area contributed by atoms with Crippen molar-refractivity contribution in [1.82, 2.24) is 9.69 Å². The Labute approximate surface area is 120 Å². The van der Waals surface area contributed by atoms with Crippen LogP contribution in [0.5, 0.6) is 10.9 Å². The standard InChI is InChI=1S/C13H17FN2O3S/c1-7(8-4-5-8)10(14)11(17)15-6-9-12(18-2)16-20-13(9)19-3/h8H,4-6H2,1-3H3,(H,15,17). The lowest BCUT2D eigenvalue weighted by atomic mass is 10.1. The lowest BCUT2D eigenvalue weighted by Gasteiger charge is -2.07. The minimum absolute atomic E-state index is 0.118. The van der Waals surface area contributed by atoms with Gasteiger partial charge in [0.2, 0.25) is 10.9 Å². The summed E-state index contributed by atoms with van der Waals surface area (Å²) in [6.45, 7) is 1.78. The van der Waals surface area contributed by atoms with Gasteiger partial charge in [-0.1, -0.05) is 0 Å². The van der Waals surface area contributed by atoms with Crippen molar-refractivity contribution in [3.63, 3.8) is 0 Å². The number of halogens is 1. The second kappa shape index (κ2) is 6.21. The molecule has 5 nitrogen and oxygen atoms in total. The minimum atomic E-state index is -0.704. The number of allylic oxidation sites excluding steroid dienone is 1. The lowest BCUT2D eigenvalue weighted by molar-refractivity contribution is -0.119. The van der Waals surface area contributed by atoms with Crippen molar-refractivity contribution in [3.05, 3.63) is 17.0 Å². The van der Waals surface area contributed by atoms with Gasteiger partial charge in [0, 0.05) is 11.5 Å². The fraction of sp³-hybridized carbons (Fsp3) is 0.538. The number of carbonyl (C=O) groups is 1. The molecular weight excluding hydrogens is 283 g/mol. The highest BCUT2D eigenvalue weighted by Gasteiger charge is 2.28. The number of amides is 1. The van der Waals surface area contributed by atoms with Gasteiger partial charge in [0.15, 0.2) is 5.83 Å². The molecule has 0 spiro atoms. The Balaban J connectivity index is 2.03. The van der Waals surface area contributed by atoms with Gasteiger partial charge in [0.1, 0.15) is 0 Å². The highest BCUT2D eigenvalue weighted by atomic mass is 32.1. The predicted octanol–water partition coefficient (Wildman–Crippen LogP) is 2.43.